The summed E-state index contributed by atoms with van der Waals surface area (Å²) in [7, 11) is 0. The normalized spacial score (nSPS) is 22.1. The van der Waals surface area contributed by atoms with Gasteiger partial charge in [-0.1, -0.05) is 55.3 Å². The molecule has 2 aromatic carbocycles. The third kappa shape index (κ3) is 3.59. The van der Waals surface area contributed by atoms with Crippen molar-refractivity contribution in [2.45, 2.75) is 50.8 Å². The van der Waals surface area contributed by atoms with Gasteiger partial charge in [0.25, 0.3) is 5.91 Å². The Bertz CT molecular complexity index is 873. The number of carbonyl (C=O) groups excluding carboxylic acids is 1. The van der Waals surface area contributed by atoms with Crippen LogP contribution in [0.3, 0.4) is 0 Å². The number of ether oxygens (including phenoxy) is 1. The predicted molar refractivity (Wildman–Crippen MR) is 110 cm³/mol. The Morgan fingerprint density at radius 2 is 1.89 bits per heavy atom. The molecule has 0 spiro atoms. The van der Waals surface area contributed by atoms with Crippen molar-refractivity contribution in [3.8, 4) is 11.1 Å². The Hall–Kier alpha value is -2.17. The fourth-order valence-corrected chi connectivity index (χ4v) is 4.92. The number of nitrogens with one attached hydrogen (secondary N) is 1. The van der Waals surface area contributed by atoms with E-state index in [4.69, 9.17) is 4.74 Å². The van der Waals surface area contributed by atoms with E-state index in [2.05, 4.69) is 52.7 Å². The van der Waals surface area contributed by atoms with Gasteiger partial charge in [0.05, 0.1) is 6.61 Å². The lowest BCUT2D eigenvalue weighted by molar-refractivity contribution is -0.139. The smallest absolute Gasteiger partial charge is 0.250 e. The van der Waals surface area contributed by atoms with Crippen LogP contribution in [0.1, 0.15) is 42.4 Å². The zero-order valence-corrected chi connectivity index (χ0v) is 16.3. The summed E-state index contributed by atoms with van der Waals surface area (Å²) in [6.45, 7) is 3.06. The number of fused-ring (bicyclic) bond motifs is 3. The second-order valence-electron chi connectivity index (χ2n) is 8.41. The summed E-state index contributed by atoms with van der Waals surface area (Å²) in [5, 5.41) is 3.19. The molecular formula is C24H28N2O2. The van der Waals surface area contributed by atoms with Crippen molar-refractivity contribution in [1.29, 1.82) is 0 Å². The molecule has 1 atom stereocenters. The summed E-state index contributed by atoms with van der Waals surface area (Å²) in [5.74, 6) is 0.0704. The third-order valence-electron chi connectivity index (χ3n) is 6.41. The van der Waals surface area contributed by atoms with Crippen molar-refractivity contribution < 1.29 is 9.53 Å². The van der Waals surface area contributed by atoms with Gasteiger partial charge in [0.1, 0.15) is 6.10 Å². The average molecular weight is 377 g/mol. The lowest BCUT2D eigenvalue weighted by Crippen LogP contribution is -2.51. The van der Waals surface area contributed by atoms with Gasteiger partial charge in [0, 0.05) is 25.7 Å². The highest BCUT2D eigenvalue weighted by molar-refractivity contribution is 5.81. The molecule has 1 N–H and O–H groups in total. The standard InChI is InChI=1S/C24H28N2O2/c27-24(25-20-6-2-3-7-20)23-16-26(11-12-28-23)15-17-9-10-22-19(13-17)14-18-5-1-4-8-21(18)22/h1,4-5,8-10,13,20,23H,2-3,6-7,11-12,14-16H2,(H,25,27)/t23-/m0/s1. The first-order valence-electron chi connectivity index (χ1n) is 10.6. The number of benzene rings is 2. The minimum absolute atomic E-state index is 0.0704. The van der Waals surface area contributed by atoms with Gasteiger partial charge in [0.15, 0.2) is 0 Å². The van der Waals surface area contributed by atoms with Gasteiger partial charge >= 0.3 is 0 Å². The molecule has 3 aliphatic rings. The molecule has 4 heteroatoms. The first kappa shape index (κ1) is 17.9. The molecule has 0 bridgehead atoms. The highest BCUT2D eigenvalue weighted by atomic mass is 16.5. The van der Waals surface area contributed by atoms with Crippen molar-refractivity contribution in [2.75, 3.05) is 19.7 Å². The lowest BCUT2D eigenvalue weighted by atomic mass is 10.0. The van der Waals surface area contributed by atoms with Crippen molar-refractivity contribution >= 4 is 5.91 Å². The Morgan fingerprint density at radius 3 is 2.79 bits per heavy atom. The molecule has 2 fully saturated rings. The van der Waals surface area contributed by atoms with Crippen molar-refractivity contribution in [3.05, 3.63) is 59.2 Å². The molecular weight excluding hydrogens is 348 g/mol. The van der Waals surface area contributed by atoms with Crippen LogP contribution in [0.15, 0.2) is 42.5 Å². The molecule has 1 saturated heterocycles. The van der Waals surface area contributed by atoms with Crippen molar-refractivity contribution in [2.24, 2.45) is 0 Å². The van der Waals surface area contributed by atoms with E-state index in [0.717, 1.165) is 32.4 Å². The number of amides is 1. The fourth-order valence-electron chi connectivity index (χ4n) is 4.92. The van der Waals surface area contributed by atoms with Gasteiger partial charge in [0.2, 0.25) is 0 Å². The lowest BCUT2D eigenvalue weighted by Gasteiger charge is -2.32. The second-order valence-corrected chi connectivity index (χ2v) is 8.41. The zero-order chi connectivity index (χ0) is 18.9. The Labute approximate surface area is 166 Å². The number of hydrogen-bond acceptors (Lipinski definition) is 3. The molecule has 4 nitrogen and oxygen atoms in total. The van der Waals surface area contributed by atoms with Crippen LogP contribution in [0.25, 0.3) is 11.1 Å². The number of nitrogens with zero attached hydrogens (tertiary/aromatic N) is 1. The van der Waals surface area contributed by atoms with Gasteiger partial charge in [-0.2, -0.15) is 0 Å². The van der Waals surface area contributed by atoms with Gasteiger partial charge in [-0.15, -0.1) is 0 Å². The molecule has 1 saturated carbocycles. The molecule has 0 unspecified atom stereocenters. The molecule has 5 rings (SSSR count). The molecule has 28 heavy (non-hydrogen) atoms. The highest BCUT2D eigenvalue weighted by Gasteiger charge is 2.29. The van der Waals surface area contributed by atoms with Crippen LogP contribution in [0.5, 0.6) is 0 Å². The third-order valence-corrected chi connectivity index (χ3v) is 6.41. The summed E-state index contributed by atoms with van der Waals surface area (Å²) in [4.78, 5) is 14.9. The van der Waals surface area contributed by atoms with E-state index in [9.17, 15) is 4.79 Å². The minimum atomic E-state index is -0.340. The van der Waals surface area contributed by atoms with Crippen LogP contribution in [0.4, 0.5) is 0 Å². The Kier molecular flexibility index (Phi) is 4.91. The van der Waals surface area contributed by atoms with Gasteiger partial charge in [-0.05, 0) is 47.1 Å². The molecule has 2 aliphatic carbocycles. The van der Waals surface area contributed by atoms with Crippen LogP contribution in [0.2, 0.25) is 0 Å². The first-order valence-corrected chi connectivity index (χ1v) is 10.6. The minimum Gasteiger partial charge on any atom is -0.366 e. The van der Waals surface area contributed by atoms with Crippen LogP contribution >= 0.6 is 0 Å². The largest absolute Gasteiger partial charge is 0.366 e. The SMILES string of the molecule is O=C(NC1CCCC1)[C@@H]1CN(Cc2ccc3c(c2)Cc2ccccc2-3)CCO1. The maximum Gasteiger partial charge on any atom is 0.250 e. The average Bonchev–Trinajstić information content (AvgIpc) is 3.35. The van der Waals surface area contributed by atoms with Crippen LogP contribution in [-0.2, 0) is 22.5 Å². The first-order chi connectivity index (χ1) is 13.8. The summed E-state index contributed by atoms with van der Waals surface area (Å²) in [6, 6.07) is 15.9. The van der Waals surface area contributed by atoms with E-state index in [1.807, 2.05) is 0 Å². The molecule has 1 aliphatic heterocycles. The van der Waals surface area contributed by atoms with Gasteiger partial charge < -0.3 is 10.1 Å². The quantitative estimate of drug-likeness (QED) is 0.758. The topological polar surface area (TPSA) is 41.6 Å². The van der Waals surface area contributed by atoms with E-state index in [1.165, 1.54) is 40.7 Å². The zero-order valence-electron chi connectivity index (χ0n) is 16.3. The molecule has 0 aromatic heterocycles. The fraction of sp³-hybridized carbons (Fsp3) is 0.458. The van der Waals surface area contributed by atoms with E-state index >= 15 is 0 Å². The van der Waals surface area contributed by atoms with Gasteiger partial charge in [-0.3, -0.25) is 9.69 Å². The summed E-state index contributed by atoms with van der Waals surface area (Å²) in [5.41, 5.74) is 6.91. The molecule has 146 valence electrons. The number of hydrogen-bond donors (Lipinski definition) is 1. The van der Waals surface area contributed by atoms with E-state index in [1.54, 1.807) is 0 Å². The van der Waals surface area contributed by atoms with E-state index in [0.29, 0.717) is 19.2 Å². The highest BCUT2D eigenvalue weighted by Crippen LogP contribution is 2.36. The Morgan fingerprint density at radius 1 is 1.07 bits per heavy atom. The van der Waals surface area contributed by atoms with Crippen LogP contribution < -0.4 is 5.32 Å². The maximum absolute atomic E-state index is 12.6. The van der Waals surface area contributed by atoms with Gasteiger partial charge in [-0.25, -0.2) is 0 Å². The molecule has 2 aromatic rings. The predicted octanol–water partition coefficient (Wildman–Crippen LogP) is 3.52. The summed E-state index contributed by atoms with van der Waals surface area (Å²) >= 11 is 0. The summed E-state index contributed by atoms with van der Waals surface area (Å²) < 4.78 is 5.78. The second kappa shape index (κ2) is 7.69. The molecule has 1 heterocycles. The van der Waals surface area contributed by atoms with Crippen molar-refractivity contribution in [3.63, 3.8) is 0 Å². The number of rotatable bonds is 4. The van der Waals surface area contributed by atoms with E-state index in [-0.39, 0.29) is 12.0 Å². The van der Waals surface area contributed by atoms with Crippen molar-refractivity contribution in [1.82, 2.24) is 10.2 Å². The Balaban J connectivity index is 1.23. The number of morpholine rings is 1. The summed E-state index contributed by atoms with van der Waals surface area (Å²) in [6.07, 6.45) is 5.36. The maximum atomic E-state index is 12.6. The monoisotopic (exact) mass is 376 g/mol. The van der Waals surface area contributed by atoms with Crippen LogP contribution in [-0.4, -0.2) is 42.6 Å². The number of carbonyl (C=O) groups is 1. The van der Waals surface area contributed by atoms with Crippen LogP contribution in [0, 0.1) is 0 Å². The molecule has 0 radical (unpaired) electrons. The molecule has 1 amide bonds. The van der Waals surface area contributed by atoms with E-state index < -0.39 is 0 Å².